The van der Waals surface area contributed by atoms with Crippen molar-refractivity contribution in [2.75, 3.05) is 0 Å². The summed E-state index contributed by atoms with van der Waals surface area (Å²) in [5.74, 6) is 0. The molecule has 1 N–H and O–H groups in total. The van der Waals surface area contributed by atoms with Gasteiger partial charge >= 0.3 is 0 Å². The normalized spacial score (nSPS) is 11.6. The zero-order chi connectivity index (χ0) is 38.4. The number of H-pyrrole nitrogens is 1. The van der Waals surface area contributed by atoms with Crippen LogP contribution in [0.25, 0.3) is 76.8 Å². The third kappa shape index (κ3) is 5.71. The summed E-state index contributed by atoms with van der Waals surface area (Å²) in [7, 11) is -0.446. The van der Waals surface area contributed by atoms with E-state index in [0.717, 1.165) is 22.4 Å². The van der Waals surface area contributed by atoms with Crippen molar-refractivity contribution >= 4 is 89.3 Å². The lowest BCUT2D eigenvalue weighted by Gasteiger charge is -2.18. The van der Waals surface area contributed by atoms with E-state index >= 15 is 0 Å². The van der Waals surface area contributed by atoms with Gasteiger partial charge in [-0.2, -0.15) is 0 Å². The van der Waals surface area contributed by atoms with Crippen LogP contribution in [0.3, 0.4) is 0 Å². The number of hydrogen-bond donors (Lipinski definition) is 1. The minimum Gasteiger partial charge on any atom is -0.354 e. The molecule has 0 radical (unpaired) electrons. The topological polar surface area (TPSA) is 25.6 Å². The second-order valence-electron chi connectivity index (χ2n) is 14.6. The number of benzene rings is 9. The summed E-state index contributed by atoms with van der Waals surface area (Å²) < 4.78 is 4.89. The average Bonchev–Trinajstić information content (AvgIpc) is 3.95. The number of hydrogen-bond acceptors (Lipinski definition) is 0. The van der Waals surface area contributed by atoms with Crippen LogP contribution in [-0.4, -0.2) is 14.1 Å². The highest BCUT2D eigenvalue weighted by molar-refractivity contribution is 7.79. The van der Waals surface area contributed by atoms with E-state index in [1.165, 1.54) is 70.3 Å². The van der Waals surface area contributed by atoms with Gasteiger partial charge in [-0.15, -0.1) is 0 Å². The Kier molecular flexibility index (Phi) is 8.46. The number of aromatic nitrogens is 3. The summed E-state index contributed by atoms with van der Waals surface area (Å²) >= 11 is 0. The monoisotopic (exact) mass is 759 g/mol. The van der Waals surface area contributed by atoms with Crippen LogP contribution in [0.15, 0.2) is 224 Å². The minimum atomic E-state index is -0.446. The quantitative estimate of drug-likeness (QED) is 0.169. The Labute approximate surface area is 337 Å². The molecule has 3 nitrogen and oxygen atoms in total. The van der Waals surface area contributed by atoms with E-state index in [4.69, 9.17) is 0 Å². The van der Waals surface area contributed by atoms with E-state index in [-0.39, 0.29) is 0 Å². The van der Waals surface area contributed by atoms with Gasteiger partial charge < -0.3 is 14.1 Å². The molecule has 0 bridgehead atoms. The van der Waals surface area contributed by atoms with Gasteiger partial charge in [0.05, 0.1) is 33.4 Å². The fourth-order valence-electron chi connectivity index (χ4n) is 8.78. The SMILES string of the molecule is c1ccc(P(c2ccccc2)c2ccccc2)cc1.c1ccc2c(c1)[nH]c1cc(-n3c4ccccc4c4ccccc43)c(-n3c4ccccc4c4ccccc43)cc12. The number of aromatic amines is 1. The molecule has 12 aromatic rings. The Morgan fingerprint density at radius 2 is 0.603 bits per heavy atom. The summed E-state index contributed by atoms with van der Waals surface area (Å²) in [5.41, 5.74) is 9.43. The fraction of sp³-hybridized carbons (Fsp3) is 0. The van der Waals surface area contributed by atoms with E-state index in [9.17, 15) is 0 Å². The molecule has 0 atom stereocenters. The van der Waals surface area contributed by atoms with Crippen molar-refractivity contribution in [3.8, 4) is 11.4 Å². The van der Waals surface area contributed by atoms with Crippen LogP contribution in [0, 0.1) is 0 Å². The lowest BCUT2D eigenvalue weighted by atomic mass is 10.1. The van der Waals surface area contributed by atoms with Crippen LogP contribution < -0.4 is 15.9 Å². The third-order valence-electron chi connectivity index (χ3n) is 11.3. The van der Waals surface area contributed by atoms with Crippen LogP contribution in [0.1, 0.15) is 0 Å². The molecule has 12 rings (SSSR count). The van der Waals surface area contributed by atoms with Crippen molar-refractivity contribution in [3.05, 3.63) is 224 Å². The van der Waals surface area contributed by atoms with Crippen LogP contribution in [-0.2, 0) is 0 Å². The molecular weight excluding hydrogens is 722 g/mol. The molecule has 0 aliphatic carbocycles. The number of para-hydroxylation sites is 5. The molecule has 0 spiro atoms. The third-order valence-corrected chi connectivity index (χ3v) is 13.7. The van der Waals surface area contributed by atoms with Gasteiger partial charge in [0.1, 0.15) is 0 Å². The summed E-state index contributed by atoms with van der Waals surface area (Å²) in [5, 5.41) is 11.7. The first-order valence-corrected chi connectivity index (χ1v) is 21.1. The molecule has 0 amide bonds. The number of fused-ring (bicyclic) bond motifs is 9. The number of rotatable bonds is 5. The van der Waals surface area contributed by atoms with Crippen LogP contribution in [0.2, 0.25) is 0 Å². The van der Waals surface area contributed by atoms with E-state index in [1.54, 1.807) is 0 Å². The highest BCUT2D eigenvalue weighted by atomic mass is 31.1. The lowest BCUT2D eigenvalue weighted by Crippen LogP contribution is -2.20. The second kappa shape index (κ2) is 14.4. The maximum atomic E-state index is 3.70. The Bertz CT molecular complexity index is 3200. The van der Waals surface area contributed by atoms with E-state index < -0.39 is 7.92 Å². The summed E-state index contributed by atoms with van der Waals surface area (Å²) in [6.45, 7) is 0. The lowest BCUT2D eigenvalue weighted by molar-refractivity contribution is 1.10. The average molecular weight is 760 g/mol. The maximum Gasteiger partial charge on any atom is 0.0724 e. The molecule has 9 aromatic carbocycles. The second-order valence-corrected chi connectivity index (χ2v) is 16.9. The minimum absolute atomic E-state index is 0.446. The molecule has 3 aromatic heterocycles. The molecule has 274 valence electrons. The van der Waals surface area contributed by atoms with E-state index in [1.807, 2.05) is 0 Å². The standard InChI is InChI=1S/C36H23N3.C18H15P/c1-6-16-29-23(11-1)28-21-35(38-31-17-7-2-12-24(31)25-13-3-8-18-32(25)38)36(22-30(28)37-29)39-33-19-9-4-14-26(33)27-15-5-10-20-34(27)39;1-4-10-16(11-5-1)19(17-12-6-2-7-13-17)18-14-8-3-9-15-18/h1-22,37H;1-15H. The van der Waals surface area contributed by atoms with Crippen molar-refractivity contribution < 1.29 is 0 Å². The highest BCUT2D eigenvalue weighted by Crippen LogP contribution is 2.41. The summed E-state index contributed by atoms with van der Waals surface area (Å²) in [6.07, 6.45) is 0. The Morgan fingerprint density at radius 3 is 1.02 bits per heavy atom. The first-order valence-electron chi connectivity index (χ1n) is 19.8. The van der Waals surface area contributed by atoms with Gasteiger partial charge in [-0.05, 0) is 66.3 Å². The van der Waals surface area contributed by atoms with Crippen molar-refractivity contribution in [2.45, 2.75) is 0 Å². The molecule has 0 aliphatic rings. The van der Waals surface area contributed by atoms with Crippen molar-refractivity contribution in [1.82, 2.24) is 14.1 Å². The van der Waals surface area contributed by atoms with Gasteiger partial charge in [0, 0.05) is 43.4 Å². The smallest absolute Gasteiger partial charge is 0.0724 e. The van der Waals surface area contributed by atoms with Crippen LogP contribution in [0.4, 0.5) is 0 Å². The van der Waals surface area contributed by atoms with Gasteiger partial charge in [0.2, 0.25) is 0 Å². The highest BCUT2D eigenvalue weighted by Gasteiger charge is 2.21. The van der Waals surface area contributed by atoms with Gasteiger partial charge in [-0.25, -0.2) is 0 Å². The van der Waals surface area contributed by atoms with Gasteiger partial charge in [-0.1, -0.05) is 182 Å². The van der Waals surface area contributed by atoms with E-state index in [2.05, 4.69) is 239 Å². The number of nitrogens with zero attached hydrogens (tertiary/aromatic N) is 2. The first kappa shape index (κ1) is 34.1. The molecule has 0 aliphatic heterocycles. The van der Waals surface area contributed by atoms with Gasteiger partial charge in [0.15, 0.2) is 0 Å². The predicted molar refractivity (Wildman–Crippen MR) is 250 cm³/mol. The molecule has 58 heavy (non-hydrogen) atoms. The Hall–Kier alpha value is -7.19. The summed E-state index contributed by atoms with van der Waals surface area (Å²) in [6, 6.07) is 80.6. The van der Waals surface area contributed by atoms with Gasteiger partial charge in [-0.3, -0.25) is 0 Å². The largest absolute Gasteiger partial charge is 0.354 e. The molecule has 4 heteroatoms. The van der Waals surface area contributed by atoms with E-state index in [0.29, 0.717) is 0 Å². The Balaban J connectivity index is 0.000000171. The number of nitrogens with one attached hydrogen (secondary N) is 1. The molecule has 3 heterocycles. The fourth-order valence-corrected chi connectivity index (χ4v) is 11.1. The molecular formula is C54H38N3P. The Morgan fingerprint density at radius 1 is 0.276 bits per heavy atom. The predicted octanol–water partition coefficient (Wildman–Crippen LogP) is 13.0. The van der Waals surface area contributed by atoms with Gasteiger partial charge in [0.25, 0.3) is 0 Å². The van der Waals surface area contributed by atoms with Crippen LogP contribution in [0.5, 0.6) is 0 Å². The molecule has 0 saturated heterocycles. The maximum absolute atomic E-state index is 3.70. The van der Waals surface area contributed by atoms with Crippen molar-refractivity contribution in [1.29, 1.82) is 0 Å². The first-order chi connectivity index (χ1) is 28.8. The molecule has 0 saturated carbocycles. The molecule has 0 fully saturated rings. The van der Waals surface area contributed by atoms with Crippen molar-refractivity contribution in [3.63, 3.8) is 0 Å². The van der Waals surface area contributed by atoms with Crippen molar-refractivity contribution in [2.24, 2.45) is 0 Å². The zero-order valence-electron chi connectivity index (χ0n) is 31.7. The zero-order valence-corrected chi connectivity index (χ0v) is 32.6. The molecule has 0 unspecified atom stereocenters. The van der Waals surface area contributed by atoms with Crippen LogP contribution >= 0.6 is 7.92 Å². The summed E-state index contributed by atoms with van der Waals surface area (Å²) in [4.78, 5) is 3.70.